The summed E-state index contributed by atoms with van der Waals surface area (Å²) >= 11 is 0. The predicted molar refractivity (Wildman–Crippen MR) is 87.0 cm³/mol. The lowest BCUT2D eigenvalue weighted by molar-refractivity contribution is -0.165. The van der Waals surface area contributed by atoms with Gasteiger partial charge in [0.1, 0.15) is 11.6 Å². The van der Waals surface area contributed by atoms with Crippen molar-refractivity contribution in [1.82, 2.24) is 4.90 Å². The Morgan fingerprint density at radius 2 is 1.72 bits per heavy atom. The maximum Gasteiger partial charge on any atom is 0.411 e. The number of ether oxygens (including phenoxy) is 2. The lowest BCUT2D eigenvalue weighted by Gasteiger charge is -2.27. The van der Waals surface area contributed by atoms with E-state index in [1.807, 2.05) is 0 Å². The molecular formula is C15H25NO8S. The molecule has 0 N–H and O–H groups in total. The standard InChI is InChI=1S/C15H25NO8S/c1-9(2)12(17)22-13(18)11-7-10(24-25(6,20)21)8-16(11)14(19)23-15(3,4)5/h9-11H,7-8H2,1-6H3. The zero-order valence-electron chi connectivity index (χ0n) is 15.3. The van der Waals surface area contributed by atoms with Gasteiger partial charge in [-0.25, -0.2) is 9.59 Å². The maximum absolute atomic E-state index is 12.3. The molecule has 0 aromatic carbocycles. The fourth-order valence-corrected chi connectivity index (χ4v) is 2.78. The first kappa shape index (κ1) is 21.4. The van der Waals surface area contributed by atoms with E-state index in [-0.39, 0.29) is 13.0 Å². The van der Waals surface area contributed by atoms with Crippen molar-refractivity contribution in [2.24, 2.45) is 5.92 Å². The van der Waals surface area contributed by atoms with E-state index in [2.05, 4.69) is 0 Å². The molecule has 1 fully saturated rings. The van der Waals surface area contributed by atoms with Crippen molar-refractivity contribution in [2.45, 2.75) is 58.8 Å². The van der Waals surface area contributed by atoms with E-state index in [1.165, 1.54) is 0 Å². The largest absolute Gasteiger partial charge is 0.444 e. The van der Waals surface area contributed by atoms with Crippen molar-refractivity contribution < 1.29 is 36.5 Å². The molecule has 10 heteroatoms. The van der Waals surface area contributed by atoms with Crippen LogP contribution in [0.25, 0.3) is 0 Å². The number of hydrogen-bond donors (Lipinski definition) is 0. The molecule has 9 nitrogen and oxygen atoms in total. The highest BCUT2D eigenvalue weighted by atomic mass is 32.2. The minimum absolute atomic E-state index is 0.115. The van der Waals surface area contributed by atoms with Crippen LogP contribution in [0.1, 0.15) is 41.0 Å². The normalized spacial score (nSPS) is 21.3. The summed E-state index contributed by atoms with van der Waals surface area (Å²) < 4.78 is 37.5. The van der Waals surface area contributed by atoms with Crippen LogP contribution in [0.5, 0.6) is 0 Å². The van der Waals surface area contributed by atoms with Gasteiger partial charge in [0.25, 0.3) is 10.1 Å². The van der Waals surface area contributed by atoms with Crippen LogP contribution >= 0.6 is 0 Å². The lowest BCUT2D eigenvalue weighted by Crippen LogP contribution is -2.44. The molecule has 0 saturated carbocycles. The smallest absolute Gasteiger partial charge is 0.411 e. The number of likely N-dealkylation sites (tertiary alicyclic amines) is 1. The van der Waals surface area contributed by atoms with Gasteiger partial charge in [0.15, 0.2) is 0 Å². The van der Waals surface area contributed by atoms with Crippen LogP contribution in [0.3, 0.4) is 0 Å². The highest BCUT2D eigenvalue weighted by molar-refractivity contribution is 7.86. The van der Waals surface area contributed by atoms with Gasteiger partial charge in [0.2, 0.25) is 0 Å². The molecule has 1 aliphatic rings. The van der Waals surface area contributed by atoms with Crippen LogP contribution in [-0.2, 0) is 33.4 Å². The fraction of sp³-hybridized carbons (Fsp3) is 0.800. The average Bonchev–Trinajstić information content (AvgIpc) is 2.78. The summed E-state index contributed by atoms with van der Waals surface area (Å²) in [5.41, 5.74) is -0.810. The third-order valence-corrected chi connectivity index (χ3v) is 3.77. The van der Waals surface area contributed by atoms with E-state index >= 15 is 0 Å². The number of nitrogens with zero attached hydrogens (tertiary/aromatic N) is 1. The Morgan fingerprint density at radius 1 is 1.16 bits per heavy atom. The monoisotopic (exact) mass is 379 g/mol. The van der Waals surface area contributed by atoms with Gasteiger partial charge in [-0.2, -0.15) is 8.42 Å². The Hall–Kier alpha value is -1.68. The SMILES string of the molecule is CC(C)C(=O)OC(=O)C1CC(OS(C)(=O)=O)CN1C(=O)OC(C)(C)C. The molecule has 25 heavy (non-hydrogen) atoms. The highest BCUT2D eigenvalue weighted by Crippen LogP contribution is 2.25. The van der Waals surface area contributed by atoms with Gasteiger partial charge in [0.05, 0.1) is 24.8 Å². The van der Waals surface area contributed by atoms with Crippen LogP contribution in [0.4, 0.5) is 4.79 Å². The van der Waals surface area contributed by atoms with Crippen molar-refractivity contribution in [3.63, 3.8) is 0 Å². The lowest BCUT2D eigenvalue weighted by atomic mass is 10.2. The number of amides is 1. The van der Waals surface area contributed by atoms with Crippen molar-refractivity contribution in [1.29, 1.82) is 0 Å². The van der Waals surface area contributed by atoms with Gasteiger partial charge in [-0.1, -0.05) is 13.8 Å². The van der Waals surface area contributed by atoms with E-state index < -0.39 is 51.8 Å². The number of esters is 2. The minimum Gasteiger partial charge on any atom is -0.444 e. The van der Waals surface area contributed by atoms with E-state index in [4.69, 9.17) is 13.7 Å². The van der Waals surface area contributed by atoms with Gasteiger partial charge in [-0.15, -0.1) is 0 Å². The molecule has 1 aliphatic heterocycles. The molecule has 0 aromatic rings. The zero-order valence-corrected chi connectivity index (χ0v) is 16.1. The quantitative estimate of drug-likeness (QED) is 0.404. The molecule has 1 amide bonds. The van der Waals surface area contributed by atoms with Crippen molar-refractivity contribution in [3.8, 4) is 0 Å². The number of carbonyl (C=O) groups is 3. The summed E-state index contributed by atoms with van der Waals surface area (Å²) in [6.45, 7) is 7.91. The summed E-state index contributed by atoms with van der Waals surface area (Å²) in [4.78, 5) is 37.2. The zero-order chi connectivity index (χ0) is 19.6. The Balaban J connectivity index is 2.96. The van der Waals surface area contributed by atoms with Crippen LogP contribution in [0, 0.1) is 5.92 Å². The second-order valence-corrected chi connectivity index (χ2v) is 8.80. The summed E-state index contributed by atoms with van der Waals surface area (Å²) in [7, 11) is -3.78. The van der Waals surface area contributed by atoms with Crippen LogP contribution in [0.2, 0.25) is 0 Å². The second kappa shape index (κ2) is 7.69. The molecule has 2 unspecified atom stereocenters. The maximum atomic E-state index is 12.3. The molecular weight excluding hydrogens is 354 g/mol. The van der Waals surface area contributed by atoms with Crippen molar-refractivity contribution >= 4 is 28.1 Å². The van der Waals surface area contributed by atoms with Crippen LogP contribution in [0.15, 0.2) is 0 Å². The third kappa shape index (κ3) is 6.99. The topological polar surface area (TPSA) is 116 Å². The van der Waals surface area contributed by atoms with Gasteiger partial charge in [0, 0.05) is 6.42 Å². The van der Waals surface area contributed by atoms with Gasteiger partial charge < -0.3 is 9.47 Å². The van der Waals surface area contributed by atoms with E-state index in [0.717, 1.165) is 11.2 Å². The summed E-state index contributed by atoms with van der Waals surface area (Å²) in [6.07, 6.45) is -0.977. The van der Waals surface area contributed by atoms with Gasteiger partial charge in [-0.3, -0.25) is 13.9 Å². The Morgan fingerprint density at radius 3 is 2.16 bits per heavy atom. The predicted octanol–water partition coefficient (Wildman–Crippen LogP) is 1.07. The van der Waals surface area contributed by atoms with E-state index in [9.17, 15) is 22.8 Å². The molecule has 0 spiro atoms. The van der Waals surface area contributed by atoms with Crippen molar-refractivity contribution in [2.75, 3.05) is 12.8 Å². The second-order valence-electron chi connectivity index (χ2n) is 7.20. The molecule has 144 valence electrons. The molecule has 0 aromatic heterocycles. The number of hydrogen-bond acceptors (Lipinski definition) is 8. The van der Waals surface area contributed by atoms with Crippen LogP contribution < -0.4 is 0 Å². The fourth-order valence-electron chi connectivity index (χ4n) is 2.15. The van der Waals surface area contributed by atoms with Crippen LogP contribution in [-0.4, -0.2) is 61.9 Å². The number of carbonyl (C=O) groups excluding carboxylic acids is 3. The molecule has 0 radical (unpaired) electrons. The Bertz CT molecular complexity index is 634. The first-order valence-electron chi connectivity index (χ1n) is 7.83. The first-order chi connectivity index (χ1) is 11.2. The molecule has 0 aliphatic carbocycles. The highest BCUT2D eigenvalue weighted by Gasteiger charge is 2.44. The summed E-state index contributed by atoms with van der Waals surface area (Å²) in [5.74, 6) is -2.20. The molecule has 1 saturated heterocycles. The first-order valence-corrected chi connectivity index (χ1v) is 9.64. The van der Waals surface area contributed by atoms with E-state index in [0.29, 0.717) is 0 Å². The van der Waals surface area contributed by atoms with Crippen molar-refractivity contribution in [3.05, 3.63) is 0 Å². The molecule has 1 rings (SSSR count). The van der Waals surface area contributed by atoms with Gasteiger partial charge >= 0.3 is 18.0 Å². The summed E-state index contributed by atoms with van der Waals surface area (Å²) in [5, 5.41) is 0. The number of rotatable bonds is 4. The summed E-state index contributed by atoms with van der Waals surface area (Å²) in [6, 6.07) is -1.16. The Kier molecular flexibility index (Phi) is 6.57. The molecule has 1 heterocycles. The molecule has 2 atom stereocenters. The van der Waals surface area contributed by atoms with Gasteiger partial charge in [-0.05, 0) is 20.8 Å². The third-order valence-electron chi connectivity index (χ3n) is 3.15. The Labute approximate surface area is 147 Å². The molecule has 0 bridgehead atoms. The minimum atomic E-state index is -3.78. The van der Waals surface area contributed by atoms with E-state index in [1.54, 1.807) is 34.6 Å². The average molecular weight is 379 g/mol.